The molecule has 0 aliphatic heterocycles. The van der Waals surface area contributed by atoms with Crippen LogP contribution in [0.25, 0.3) is 0 Å². The second-order valence-corrected chi connectivity index (χ2v) is 1.56. The average Bonchev–Trinajstić information content (AvgIpc) is 1.83. The Kier molecular flexibility index (Phi) is 4.27. The van der Waals surface area contributed by atoms with Gasteiger partial charge in [-0.05, 0) is 19.7 Å². The van der Waals surface area contributed by atoms with Gasteiger partial charge in [-0.3, -0.25) is 4.99 Å². The van der Waals surface area contributed by atoms with Crippen LogP contribution in [0.1, 0.15) is 6.92 Å². The molecule has 0 aromatic rings. The molecule has 0 unspecified atom stereocenters. The third kappa shape index (κ3) is 3.62. The van der Waals surface area contributed by atoms with Crippen molar-refractivity contribution < 1.29 is 0 Å². The van der Waals surface area contributed by atoms with Crippen LogP contribution in [0.5, 0.6) is 0 Å². The minimum atomic E-state index is 0.420. The molecule has 0 aliphatic rings. The molecule has 0 aromatic carbocycles. The van der Waals surface area contributed by atoms with E-state index in [0.717, 1.165) is 0 Å². The Morgan fingerprint density at radius 2 is 2.38 bits per heavy atom. The summed E-state index contributed by atoms with van der Waals surface area (Å²) < 4.78 is 0. The average molecular weight is 130 g/mol. The van der Waals surface area contributed by atoms with Gasteiger partial charge in [0.1, 0.15) is 5.16 Å². The van der Waals surface area contributed by atoms with Crippen LogP contribution in [0.3, 0.4) is 0 Å². The third-order valence-electron chi connectivity index (χ3n) is 0.577. The molecule has 0 radical (unpaired) electrons. The highest BCUT2D eigenvalue weighted by Crippen LogP contribution is 1.99. The van der Waals surface area contributed by atoms with E-state index in [1.54, 1.807) is 12.2 Å². The van der Waals surface area contributed by atoms with Crippen molar-refractivity contribution in [3.05, 3.63) is 23.4 Å². The van der Waals surface area contributed by atoms with E-state index in [-0.39, 0.29) is 0 Å². The molecule has 8 heavy (non-hydrogen) atoms. The molecule has 44 valence electrons. The van der Waals surface area contributed by atoms with Crippen LogP contribution < -0.4 is 0 Å². The maximum absolute atomic E-state index is 5.42. The maximum Gasteiger partial charge on any atom is 0.128 e. The highest BCUT2D eigenvalue weighted by atomic mass is 35.5. The number of aliphatic imine (C=N–C) groups is 1. The fraction of sp³-hybridized carbons (Fsp3) is 0.167. The topological polar surface area (TPSA) is 12.4 Å². The quantitative estimate of drug-likeness (QED) is 0.308. The smallest absolute Gasteiger partial charge is 0.128 e. The Hall–Kier alpha value is -0.560. The van der Waals surface area contributed by atoms with Gasteiger partial charge in [-0.2, -0.15) is 0 Å². The van der Waals surface area contributed by atoms with Gasteiger partial charge in [0.15, 0.2) is 0 Å². The monoisotopic (exact) mass is 129 g/mol. The van der Waals surface area contributed by atoms with E-state index >= 15 is 0 Å². The number of allylic oxidation sites excluding steroid dienone is 3. The lowest BCUT2D eigenvalue weighted by atomic mass is 10.5. The van der Waals surface area contributed by atoms with Crippen LogP contribution >= 0.6 is 11.6 Å². The van der Waals surface area contributed by atoms with E-state index in [1.165, 1.54) is 0 Å². The molecule has 0 saturated carbocycles. The third-order valence-corrected chi connectivity index (χ3v) is 0.823. The molecule has 0 amide bonds. The van der Waals surface area contributed by atoms with Crippen molar-refractivity contribution in [1.29, 1.82) is 0 Å². The minimum absolute atomic E-state index is 0.420. The molecule has 2 heteroatoms. The lowest BCUT2D eigenvalue weighted by molar-refractivity contribution is 1.54. The fourth-order valence-corrected chi connectivity index (χ4v) is 0.301. The van der Waals surface area contributed by atoms with Gasteiger partial charge in [0.05, 0.1) is 0 Å². The summed E-state index contributed by atoms with van der Waals surface area (Å²) in [5, 5.41) is 0.420. The molecule has 0 rings (SSSR count). The molecule has 0 heterocycles. The van der Waals surface area contributed by atoms with Crippen LogP contribution in [-0.2, 0) is 0 Å². The summed E-state index contributed by atoms with van der Waals surface area (Å²) in [6, 6.07) is 0. The predicted molar refractivity (Wildman–Crippen MR) is 38.3 cm³/mol. The largest absolute Gasteiger partial charge is 0.252 e. The molecule has 0 aromatic heterocycles. The van der Waals surface area contributed by atoms with Gasteiger partial charge in [-0.15, -0.1) is 0 Å². The molecule has 0 atom stereocenters. The molecule has 0 aliphatic carbocycles. The lowest BCUT2D eigenvalue weighted by Gasteiger charge is -1.78. The highest BCUT2D eigenvalue weighted by Gasteiger charge is 1.74. The summed E-state index contributed by atoms with van der Waals surface area (Å²) in [5.74, 6) is 0. The van der Waals surface area contributed by atoms with Crippen molar-refractivity contribution in [2.45, 2.75) is 6.92 Å². The lowest BCUT2D eigenvalue weighted by Crippen LogP contribution is -1.56. The molecule has 1 nitrogen and oxygen atoms in total. The summed E-state index contributed by atoms with van der Waals surface area (Å²) in [5.41, 5.74) is 0. The summed E-state index contributed by atoms with van der Waals surface area (Å²) in [4.78, 5) is 3.45. The Morgan fingerprint density at radius 3 is 2.75 bits per heavy atom. The first-order valence-corrected chi connectivity index (χ1v) is 2.64. The van der Waals surface area contributed by atoms with Crippen molar-refractivity contribution in [2.75, 3.05) is 0 Å². The number of hydrogen-bond donors (Lipinski definition) is 0. The molecule has 0 saturated heterocycles. The summed E-state index contributed by atoms with van der Waals surface area (Å²) >= 11 is 5.42. The summed E-state index contributed by atoms with van der Waals surface area (Å²) in [7, 11) is 0. The van der Waals surface area contributed by atoms with E-state index in [2.05, 4.69) is 11.7 Å². The van der Waals surface area contributed by atoms with Crippen LogP contribution in [0.15, 0.2) is 28.4 Å². The number of rotatable bonds is 2. The first kappa shape index (κ1) is 7.44. The molecular formula is C6H8ClN. The van der Waals surface area contributed by atoms with E-state index < -0.39 is 0 Å². The van der Waals surface area contributed by atoms with Crippen molar-refractivity contribution in [3.63, 3.8) is 0 Å². The van der Waals surface area contributed by atoms with Gasteiger partial charge < -0.3 is 0 Å². The summed E-state index contributed by atoms with van der Waals surface area (Å²) in [6.07, 6.45) is 5.35. The molecule has 0 bridgehead atoms. The zero-order chi connectivity index (χ0) is 6.41. The van der Waals surface area contributed by atoms with Gasteiger partial charge in [0.25, 0.3) is 0 Å². The second kappa shape index (κ2) is 4.60. The Labute approximate surface area is 54.4 Å². The summed E-state index contributed by atoms with van der Waals surface area (Å²) in [6.45, 7) is 5.14. The van der Waals surface area contributed by atoms with Crippen molar-refractivity contribution in [2.24, 2.45) is 4.99 Å². The van der Waals surface area contributed by atoms with Gasteiger partial charge >= 0.3 is 0 Å². The van der Waals surface area contributed by atoms with E-state index in [1.807, 2.05) is 13.0 Å². The van der Waals surface area contributed by atoms with E-state index in [4.69, 9.17) is 11.6 Å². The van der Waals surface area contributed by atoms with Crippen LogP contribution in [0.4, 0.5) is 0 Å². The number of halogens is 1. The minimum Gasteiger partial charge on any atom is -0.252 e. The normalized spacial score (nSPS) is 12.5. The van der Waals surface area contributed by atoms with Crippen molar-refractivity contribution >= 4 is 18.3 Å². The van der Waals surface area contributed by atoms with Gasteiger partial charge in [0.2, 0.25) is 0 Å². The van der Waals surface area contributed by atoms with E-state index in [0.29, 0.717) is 5.16 Å². The first-order chi connectivity index (χ1) is 3.81. The van der Waals surface area contributed by atoms with Gasteiger partial charge in [-0.1, -0.05) is 23.8 Å². The highest BCUT2D eigenvalue weighted by molar-refractivity contribution is 6.29. The van der Waals surface area contributed by atoms with Crippen LogP contribution in [-0.4, -0.2) is 6.72 Å². The Bertz CT molecular complexity index is 124. The predicted octanol–water partition coefficient (Wildman–Crippen LogP) is 2.34. The molecular weight excluding hydrogens is 122 g/mol. The standard InChI is InChI=1S/C6H8ClN/c1-3-4-5-6(7)8-2/h3-5H,2H2,1H3/b4-3-,6-5-. The SMILES string of the molecule is C=N/C(Cl)=C\C=C/C. The van der Waals surface area contributed by atoms with Crippen LogP contribution in [0, 0.1) is 0 Å². The Morgan fingerprint density at radius 1 is 1.75 bits per heavy atom. The number of hydrogen-bond acceptors (Lipinski definition) is 1. The molecule has 0 spiro atoms. The van der Waals surface area contributed by atoms with Gasteiger partial charge in [0, 0.05) is 0 Å². The number of nitrogens with zero attached hydrogens (tertiary/aromatic N) is 1. The molecule has 0 N–H and O–H groups in total. The van der Waals surface area contributed by atoms with Gasteiger partial charge in [-0.25, -0.2) is 0 Å². The van der Waals surface area contributed by atoms with Crippen molar-refractivity contribution in [3.8, 4) is 0 Å². The zero-order valence-electron chi connectivity index (χ0n) is 4.76. The maximum atomic E-state index is 5.42. The first-order valence-electron chi connectivity index (χ1n) is 2.26. The zero-order valence-corrected chi connectivity index (χ0v) is 5.52. The van der Waals surface area contributed by atoms with Crippen LogP contribution in [0.2, 0.25) is 0 Å². The fourth-order valence-electron chi connectivity index (χ4n) is 0.228. The Balaban J connectivity index is 3.74. The molecule has 0 fully saturated rings. The van der Waals surface area contributed by atoms with Crippen molar-refractivity contribution in [1.82, 2.24) is 0 Å². The second-order valence-electron chi connectivity index (χ2n) is 1.17. The van der Waals surface area contributed by atoms with E-state index in [9.17, 15) is 0 Å².